The van der Waals surface area contributed by atoms with Gasteiger partial charge >= 0.3 is 11.9 Å². The highest BCUT2D eigenvalue weighted by Gasteiger charge is 2.56. The molecule has 1 aliphatic rings. The highest BCUT2D eigenvalue weighted by atomic mass is 32.2. The molecule has 8 heteroatoms. The monoisotopic (exact) mass is 403 g/mol. The molecule has 1 fully saturated rings. The first-order valence-electron chi connectivity index (χ1n) is 8.66. The highest BCUT2D eigenvalue weighted by molar-refractivity contribution is 7.94. The number of benzene rings is 2. The molecule has 7 nitrogen and oxygen atoms in total. The van der Waals surface area contributed by atoms with Crippen molar-refractivity contribution in [2.45, 2.75) is 22.6 Å². The Labute approximate surface area is 163 Å². The highest BCUT2D eigenvalue weighted by Crippen LogP contribution is 2.39. The number of carbonyl (C=O) groups is 2. The third-order valence-electron chi connectivity index (χ3n) is 4.86. The zero-order valence-corrected chi connectivity index (χ0v) is 16.3. The minimum absolute atomic E-state index is 0.603. The van der Waals surface area contributed by atoms with Crippen molar-refractivity contribution in [2.75, 3.05) is 14.2 Å². The van der Waals surface area contributed by atoms with Crippen molar-refractivity contribution in [3.63, 3.8) is 0 Å². The Morgan fingerprint density at radius 3 is 1.43 bits per heavy atom. The van der Waals surface area contributed by atoms with Gasteiger partial charge in [0.2, 0.25) is 0 Å². The zero-order valence-electron chi connectivity index (χ0n) is 15.4. The van der Waals surface area contributed by atoms with Crippen LogP contribution < -0.4 is 5.32 Å². The second-order valence-electron chi connectivity index (χ2n) is 6.42. The molecule has 0 bridgehead atoms. The number of hydrogen-bond acceptors (Lipinski definition) is 7. The minimum Gasteiger partial charge on any atom is -0.468 e. The molecule has 1 saturated heterocycles. The predicted octanol–water partition coefficient (Wildman–Crippen LogP) is 1.57. The molecule has 0 amide bonds. The Kier molecular flexibility index (Phi) is 5.81. The van der Waals surface area contributed by atoms with Crippen LogP contribution in [0.1, 0.15) is 23.2 Å². The Bertz CT molecular complexity index is 874. The van der Waals surface area contributed by atoms with Gasteiger partial charge in [-0.2, -0.15) is 0 Å². The van der Waals surface area contributed by atoms with Gasteiger partial charge in [0.25, 0.3) is 0 Å². The van der Waals surface area contributed by atoms with Crippen LogP contribution in [0.5, 0.6) is 0 Å². The smallest absolute Gasteiger partial charge is 0.326 e. The topological polar surface area (TPSA) is 98.8 Å². The van der Waals surface area contributed by atoms with Crippen LogP contribution in [0.25, 0.3) is 0 Å². The lowest BCUT2D eigenvalue weighted by molar-refractivity contribution is -0.142. The van der Waals surface area contributed by atoms with Crippen LogP contribution in [0, 0.1) is 0 Å². The summed E-state index contributed by atoms with van der Waals surface area (Å²) in [5, 5.41) is 0.0321. The largest absolute Gasteiger partial charge is 0.468 e. The van der Waals surface area contributed by atoms with Gasteiger partial charge in [0.1, 0.15) is 0 Å². The second kappa shape index (κ2) is 8.12. The fourth-order valence-electron chi connectivity index (χ4n) is 3.54. The number of rotatable bonds is 4. The average Bonchev–Trinajstić information content (AvgIpc) is 2.72. The van der Waals surface area contributed by atoms with Gasteiger partial charge in [-0.3, -0.25) is 14.9 Å². The van der Waals surface area contributed by atoms with Crippen LogP contribution >= 0.6 is 0 Å². The fourth-order valence-corrected chi connectivity index (χ4v) is 5.82. The van der Waals surface area contributed by atoms with Crippen molar-refractivity contribution < 1.29 is 27.5 Å². The van der Waals surface area contributed by atoms with Crippen LogP contribution in [0.3, 0.4) is 0 Å². The number of nitrogens with one attached hydrogen (secondary N) is 1. The van der Waals surface area contributed by atoms with E-state index in [1.54, 1.807) is 60.7 Å². The normalized spacial score (nSPS) is 26.2. The lowest BCUT2D eigenvalue weighted by atomic mass is 9.97. The number of hydrogen-bond donors (Lipinski definition) is 1. The van der Waals surface area contributed by atoms with E-state index in [0.29, 0.717) is 11.1 Å². The first-order chi connectivity index (χ1) is 13.4. The van der Waals surface area contributed by atoms with Crippen molar-refractivity contribution >= 4 is 21.8 Å². The summed E-state index contributed by atoms with van der Waals surface area (Å²) in [5.41, 5.74) is 1.21. The summed E-state index contributed by atoms with van der Waals surface area (Å²) in [7, 11) is -2.05. The molecule has 1 N–H and O–H groups in total. The molecule has 2 aromatic rings. The minimum atomic E-state index is -4.29. The number of esters is 2. The van der Waals surface area contributed by atoms with Crippen molar-refractivity contribution in [3.8, 4) is 0 Å². The molecule has 3 rings (SSSR count). The molecule has 2 aromatic carbocycles. The number of carbonyl (C=O) groups excluding carboxylic acids is 2. The maximum absolute atomic E-state index is 13.4. The van der Waals surface area contributed by atoms with Crippen LogP contribution in [0.2, 0.25) is 0 Å². The lowest BCUT2D eigenvalue weighted by Crippen LogP contribution is -2.59. The maximum Gasteiger partial charge on any atom is 0.326 e. The molecular weight excluding hydrogens is 382 g/mol. The SMILES string of the molecule is COC(=O)[C@@H]1[C@H](c2ccccc2)N[C@@H](c2ccccc2)[C@@H](C(=O)OC)S1(=O)=O. The van der Waals surface area contributed by atoms with Gasteiger partial charge in [0.05, 0.1) is 26.3 Å². The van der Waals surface area contributed by atoms with E-state index >= 15 is 0 Å². The first-order valence-corrected chi connectivity index (χ1v) is 10.3. The van der Waals surface area contributed by atoms with Gasteiger partial charge in [0, 0.05) is 0 Å². The number of ether oxygens (including phenoxy) is 2. The molecule has 0 radical (unpaired) electrons. The molecule has 1 heterocycles. The van der Waals surface area contributed by atoms with Crippen molar-refractivity contribution in [1.82, 2.24) is 5.32 Å². The van der Waals surface area contributed by atoms with E-state index in [9.17, 15) is 18.0 Å². The van der Waals surface area contributed by atoms with E-state index in [0.717, 1.165) is 14.2 Å². The van der Waals surface area contributed by atoms with E-state index in [2.05, 4.69) is 5.32 Å². The van der Waals surface area contributed by atoms with E-state index in [-0.39, 0.29) is 0 Å². The van der Waals surface area contributed by atoms with Crippen LogP contribution in [0.4, 0.5) is 0 Å². The fraction of sp³-hybridized carbons (Fsp3) is 0.300. The van der Waals surface area contributed by atoms with E-state index in [4.69, 9.17) is 9.47 Å². The third-order valence-corrected chi connectivity index (χ3v) is 7.20. The molecule has 0 saturated carbocycles. The average molecular weight is 403 g/mol. The summed E-state index contributed by atoms with van der Waals surface area (Å²) in [6.45, 7) is 0. The molecule has 0 aromatic heterocycles. The van der Waals surface area contributed by atoms with Gasteiger partial charge in [0.15, 0.2) is 20.3 Å². The Hall–Kier alpha value is -2.71. The van der Waals surface area contributed by atoms with E-state index in [1.165, 1.54) is 0 Å². The summed E-state index contributed by atoms with van der Waals surface area (Å²) in [6, 6.07) is 15.7. The van der Waals surface area contributed by atoms with Crippen molar-refractivity contribution in [1.29, 1.82) is 0 Å². The summed E-state index contributed by atoms with van der Waals surface area (Å²) >= 11 is 0. The maximum atomic E-state index is 13.4. The zero-order chi connectivity index (χ0) is 20.3. The van der Waals surface area contributed by atoms with Crippen LogP contribution in [-0.2, 0) is 28.9 Å². The van der Waals surface area contributed by atoms with Crippen LogP contribution in [-0.4, -0.2) is 45.1 Å². The summed E-state index contributed by atoms with van der Waals surface area (Å²) in [4.78, 5) is 24.9. The van der Waals surface area contributed by atoms with Gasteiger partial charge in [-0.15, -0.1) is 0 Å². The van der Waals surface area contributed by atoms with Gasteiger partial charge in [-0.25, -0.2) is 8.42 Å². The van der Waals surface area contributed by atoms with Gasteiger partial charge < -0.3 is 9.47 Å². The van der Waals surface area contributed by atoms with Crippen LogP contribution in [0.15, 0.2) is 60.7 Å². The molecule has 0 unspecified atom stereocenters. The van der Waals surface area contributed by atoms with Crippen molar-refractivity contribution in [2.24, 2.45) is 0 Å². The lowest BCUT2D eigenvalue weighted by Gasteiger charge is -2.40. The van der Waals surface area contributed by atoms with E-state index in [1.807, 2.05) is 0 Å². The number of sulfone groups is 1. The second-order valence-corrected chi connectivity index (χ2v) is 8.61. The van der Waals surface area contributed by atoms with Gasteiger partial charge in [-0.1, -0.05) is 60.7 Å². The molecular formula is C20H21NO6S. The quantitative estimate of drug-likeness (QED) is 0.774. The Morgan fingerprint density at radius 2 is 1.11 bits per heavy atom. The summed E-state index contributed by atoms with van der Waals surface area (Å²) in [5.74, 6) is -1.86. The summed E-state index contributed by atoms with van der Waals surface area (Å²) < 4.78 is 36.4. The molecule has 0 aliphatic carbocycles. The standard InChI is InChI=1S/C20H21NO6S/c1-26-19(22)17-15(13-9-5-3-6-10-13)21-16(14-11-7-4-8-12-14)18(20(23)27-2)28(17,24)25/h3-12,15-18,21H,1-2H3/t15-,16-,17-,18-/m0/s1. The number of methoxy groups -OCH3 is 2. The summed E-state index contributed by atoms with van der Waals surface area (Å²) in [6.07, 6.45) is 0. The molecule has 1 aliphatic heterocycles. The molecule has 28 heavy (non-hydrogen) atoms. The van der Waals surface area contributed by atoms with Crippen molar-refractivity contribution in [3.05, 3.63) is 71.8 Å². The van der Waals surface area contributed by atoms with Gasteiger partial charge in [-0.05, 0) is 11.1 Å². The molecule has 148 valence electrons. The molecule has 4 atom stereocenters. The first kappa shape index (κ1) is 20.0. The Morgan fingerprint density at radius 1 is 0.750 bits per heavy atom. The molecule has 0 spiro atoms. The predicted molar refractivity (Wildman–Crippen MR) is 102 cm³/mol. The Balaban J connectivity index is 2.19. The van der Waals surface area contributed by atoms with E-state index < -0.39 is 44.4 Å². The third kappa shape index (κ3) is 3.53.